The van der Waals surface area contributed by atoms with Crippen molar-refractivity contribution in [1.82, 2.24) is 29.9 Å². The Kier molecular flexibility index (Phi) is 8.50. The van der Waals surface area contributed by atoms with Crippen LogP contribution in [0.1, 0.15) is 57.6 Å². The lowest BCUT2D eigenvalue weighted by Crippen LogP contribution is -2.50. The zero-order valence-electron chi connectivity index (χ0n) is 19.5. The summed E-state index contributed by atoms with van der Waals surface area (Å²) in [5, 5.41) is 12.1. The normalized spacial score (nSPS) is 23.7. The van der Waals surface area contributed by atoms with E-state index in [0.29, 0.717) is 12.0 Å². The van der Waals surface area contributed by atoms with Crippen molar-refractivity contribution >= 4 is 5.96 Å². The Labute approximate surface area is 182 Å². The van der Waals surface area contributed by atoms with Crippen LogP contribution in [-0.4, -0.2) is 83.0 Å². The Morgan fingerprint density at radius 3 is 2.73 bits per heavy atom. The fourth-order valence-corrected chi connectivity index (χ4v) is 4.63. The van der Waals surface area contributed by atoms with Crippen LogP contribution in [-0.2, 0) is 18.3 Å². The number of ether oxygens (including phenoxy) is 1. The maximum Gasteiger partial charge on any atom is 0.194 e. The number of likely N-dealkylation sites (tertiary alicyclic amines) is 1. The van der Waals surface area contributed by atoms with Crippen molar-refractivity contribution in [2.45, 2.75) is 59.4 Å². The molecule has 1 atom stereocenters. The molecular weight excluding hydrogens is 378 g/mol. The second-order valence-corrected chi connectivity index (χ2v) is 9.18. The number of hydrogen-bond acceptors (Lipinski definition) is 5. The molecule has 170 valence electrons. The number of hydrogen-bond donors (Lipinski definition) is 1. The van der Waals surface area contributed by atoms with Gasteiger partial charge in [-0.2, -0.15) is 0 Å². The molecular formula is C22H41N7O. The van der Waals surface area contributed by atoms with E-state index in [1.807, 2.05) is 18.5 Å². The van der Waals surface area contributed by atoms with Gasteiger partial charge in [-0.05, 0) is 44.6 Å². The summed E-state index contributed by atoms with van der Waals surface area (Å²) in [4.78, 5) is 9.94. The van der Waals surface area contributed by atoms with Gasteiger partial charge in [0.2, 0.25) is 0 Å². The second kappa shape index (κ2) is 11.1. The third-order valence-electron chi connectivity index (χ3n) is 6.52. The molecule has 1 N–H and O–H groups in total. The van der Waals surface area contributed by atoms with E-state index in [-0.39, 0.29) is 0 Å². The SMILES string of the molecule is CCCC1(C)CCCN(C(=NCc2nnc(C)n2C)NCCCN2CCOCC2)C1. The molecule has 2 aliphatic heterocycles. The topological polar surface area (TPSA) is 70.8 Å². The summed E-state index contributed by atoms with van der Waals surface area (Å²) in [6, 6.07) is 0. The number of aliphatic imine (C=N–C) groups is 1. The van der Waals surface area contributed by atoms with E-state index in [4.69, 9.17) is 9.73 Å². The van der Waals surface area contributed by atoms with Gasteiger partial charge in [0, 0.05) is 39.8 Å². The van der Waals surface area contributed by atoms with Crippen LogP contribution < -0.4 is 5.32 Å². The molecule has 2 saturated heterocycles. The molecule has 1 aromatic rings. The monoisotopic (exact) mass is 419 g/mol. The van der Waals surface area contributed by atoms with Gasteiger partial charge in [-0.3, -0.25) is 4.90 Å². The Morgan fingerprint density at radius 1 is 1.23 bits per heavy atom. The van der Waals surface area contributed by atoms with Crippen LogP contribution in [0.3, 0.4) is 0 Å². The maximum absolute atomic E-state index is 5.45. The summed E-state index contributed by atoms with van der Waals surface area (Å²) < 4.78 is 7.48. The zero-order chi connectivity index (χ0) is 21.4. The summed E-state index contributed by atoms with van der Waals surface area (Å²) >= 11 is 0. The number of piperidine rings is 1. The van der Waals surface area contributed by atoms with Gasteiger partial charge in [0.25, 0.3) is 0 Å². The number of morpholine rings is 1. The Hall–Kier alpha value is -1.67. The van der Waals surface area contributed by atoms with Crippen molar-refractivity contribution in [2.24, 2.45) is 17.5 Å². The first kappa shape index (κ1) is 23.0. The number of nitrogens with zero attached hydrogens (tertiary/aromatic N) is 6. The predicted octanol–water partition coefficient (Wildman–Crippen LogP) is 2.19. The standard InChI is InChI=1S/C22H41N7O/c1-5-8-22(3)9-6-12-29(18-22)21(24-17-20-26-25-19(2)27(20)4)23-10-7-11-28-13-15-30-16-14-28/h5-18H2,1-4H3,(H,23,24). The average molecular weight is 420 g/mol. The second-order valence-electron chi connectivity index (χ2n) is 9.18. The molecule has 1 unspecified atom stereocenters. The van der Waals surface area contributed by atoms with Crippen molar-refractivity contribution in [1.29, 1.82) is 0 Å². The third-order valence-corrected chi connectivity index (χ3v) is 6.52. The van der Waals surface area contributed by atoms with E-state index in [2.05, 4.69) is 39.2 Å². The molecule has 8 nitrogen and oxygen atoms in total. The number of aryl methyl sites for hydroxylation is 1. The highest BCUT2D eigenvalue weighted by molar-refractivity contribution is 5.80. The number of guanidine groups is 1. The molecule has 8 heteroatoms. The highest BCUT2D eigenvalue weighted by Crippen LogP contribution is 2.33. The smallest absolute Gasteiger partial charge is 0.194 e. The minimum atomic E-state index is 0.380. The van der Waals surface area contributed by atoms with Crippen LogP contribution >= 0.6 is 0 Å². The molecule has 3 rings (SSSR count). The van der Waals surface area contributed by atoms with Crippen LogP contribution in [0.15, 0.2) is 4.99 Å². The maximum atomic E-state index is 5.45. The molecule has 0 saturated carbocycles. The summed E-state index contributed by atoms with van der Waals surface area (Å²) in [6.07, 6.45) is 6.17. The van der Waals surface area contributed by atoms with Crippen molar-refractivity contribution in [3.63, 3.8) is 0 Å². The van der Waals surface area contributed by atoms with Crippen molar-refractivity contribution in [3.05, 3.63) is 11.6 Å². The van der Waals surface area contributed by atoms with Crippen molar-refractivity contribution in [3.8, 4) is 0 Å². The lowest BCUT2D eigenvalue weighted by atomic mass is 9.78. The summed E-state index contributed by atoms with van der Waals surface area (Å²) in [7, 11) is 2.01. The lowest BCUT2D eigenvalue weighted by molar-refractivity contribution is 0.0375. The molecule has 0 amide bonds. The molecule has 2 fully saturated rings. The summed E-state index contributed by atoms with van der Waals surface area (Å²) in [5.74, 6) is 2.86. The fourth-order valence-electron chi connectivity index (χ4n) is 4.63. The molecule has 0 aromatic carbocycles. The van der Waals surface area contributed by atoms with Crippen molar-refractivity contribution < 1.29 is 4.74 Å². The molecule has 1 aromatic heterocycles. The third kappa shape index (κ3) is 6.41. The van der Waals surface area contributed by atoms with Gasteiger partial charge < -0.3 is 19.5 Å². The van der Waals surface area contributed by atoms with E-state index < -0.39 is 0 Å². The van der Waals surface area contributed by atoms with Gasteiger partial charge in [-0.1, -0.05) is 20.3 Å². The van der Waals surface area contributed by atoms with Gasteiger partial charge >= 0.3 is 0 Å². The van der Waals surface area contributed by atoms with Crippen molar-refractivity contribution in [2.75, 3.05) is 52.5 Å². The van der Waals surface area contributed by atoms with Crippen LogP contribution in [0, 0.1) is 12.3 Å². The first-order valence-electron chi connectivity index (χ1n) is 11.7. The lowest BCUT2D eigenvalue weighted by Gasteiger charge is -2.42. The number of aromatic nitrogens is 3. The molecule has 2 aliphatic rings. The summed E-state index contributed by atoms with van der Waals surface area (Å²) in [5.41, 5.74) is 0.380. The van der Waals surface area contributed by atoms with E-state index in [1.165, 1.54) is 25.7 Å². The molecule has 30 heavy (non-hydrogen) atoms. The van der Waals surface area contributed by atoms with E-state index in [9.17, 15) is 0 Å². The average Bonchev–Trinajstić information content (AvgIpc) is 3.06. The molecule has 0 aliphatic carbocycles. The van der Waals surface area contributed by atoms with Gasteiger partial charge in [-0.25, -0.2) is 4.99 Å². The zero-order valence-corrected chi connectivity index (χ0v) is 19.5. The highest BCUT2D eigenvalue weighted by atomic mass is 16.5. The Morgan fingerprint density at radius 2 is 2.03 bits per heavy atom. The van der Waals surface area contributed by atoms with E-state index >= 15 is 0 Å². The minimum Gasteiger partial charge on any atom is -0.379 e. The highest BCUT2D eigenvalue weighted by Gasteiger charge is 2.31. The number of nitrogens with one attached hydrogen (secondary N) is 1. The Balaban J connectivity index is 1.61. The first-order valence-corrected chi connectivity index (χ1v) is 11.7. The minimum absolute atomic E-state index is 0.380. The van der Waals surface area contributed by atoms with Crippen LogP contribution in [0.2, 0.25) is 0 Å². The molecule has 0 spiro atoms. The summed E-state index contributed by atoms with van der Waals surface area (Å²) in [6.45, 7) is 15.3. The Bertz CT molecular complexity index is 679. The van der Waals surface area contributed by atoms with E-state index in [0.717, 1.165) is 76.5 Å². The molecule has 0 radical (unpaired) electrons. The molecule has 0 bridgehead atoms. The fraction of sp³-hybridized carbons (Fsp3) is 0.864. The van der Waals surface area contributed by atoms with Gasteiger partial charge in [0.15, 0.2) is 11.8 Å². The van der Waals surface area contributed by atoms with Crippen LogP contribution in [0.5, 0.6) is 0 Å². The largest absolute Gasteiger partial charge is 0.379 e. The van der Waals surface area contributed by atoms with E-state index in [1.54, 1.807) is 0 Å². The number of rotatable bonds is 8. The van der Waals surface area contributed by atoms with Gasteiger partial charge in [0.05, 0.1) is 13.2 Å². The van der Waals surface area contributed by atoms with Gasteiger partial charge in [-0.15, -0.1) is 10.2 Å². The molecule has 3 heterocycles. The predicted molar refractivity (Wildman–Crippen MR) is 121 cm³/mol. The quantitative estimate of drug-likeness (QED) is 0.396. The first-order chi connectivity index (χ1) is 14.5. The van der Waals surface area contributed by atoms with Gasteiger partial charge in [0.1, 0.15) is 12.4 Å². The van der Waals surface area contributed by atoms with Crippen LogP contribution in [0.25, 0.3) is 0 Å². The van der Waals surface area contributed by atoms with Crippen LogP contribution in [0.4, 0.5) is 0 Å².